The maximum Gasteiger partial charge on any atom is 0.307 e. The fourth-order valence-corrected chi connectivity index (χ4v) is 4.76. The number of benzene rings is 1. The Morgan fingerprint density at radius 3 is 2.39 bits per heavy atom. The molecule has 0 radical (unpaired) electrons. The van der Waals surface area contributed by atoms with Crippen molar-refractivity contribution in [1.82, 2.24) is 5.43 Å². The van der Waals surface area contributed by atoms with E-state index in [1.165, 1.54) is 0 Å². The minimum Gasteiger partial charge on any atom is -0.481 e. The fraction of sp³-hybridized carbons (Fsp3) is 0.565. The van der Waals surface area contributed by atoms with Crippen LogP contribution in [0.25, 0.3) is 0 Å². The zero-order chi connectivity index (χ0) is 24.4. The van der Waals surface area contributed by atoms with Crippen LogP contribution in [-0.2, 0) is 29.5 Å². The van der Waals surface area contributed by atoms with Crippen LogP contribution in [0.4, 0.5) is 0 Å². The van der Waals surface area contributed by atoms with Crippen LogP contribution in [0.3, 0.4) is 0 Å². The minimum atomic E-state index is -1.24. The van der Waals surface area contributed by atoms with E-state index in [2.05, 4.69) is 5.43 Å². The summed E-state index contributed by atoms with van der Waals surface area (Å²) in [7, 11) is 0. The van der Waals surface area contributed by atoms with Gasteiger partial charge in [0, 0.05) is 18.9 Å². The molecule has 6 N–H and O–H groups in total. The summed E-state index contributed by atoms with van der Waals surface area (Å²) >= 11 is 0. The normalized spacial score (nSPS) is 22.5. The molecule has 1 saturated heterocycles. The molecule has 4 unspecified atom stereocenters. The van der Waals surface area contributed by atoms with Gasteiger partial charge in [-0.15, -0.1) is 0 Å². The zero-order valence-electron chi connectivity index (χ0n) is 18.4. The summed E-state index contributed by atoms with van der Waals surface area (Å²) in [5.41, 5.74) is 1.83. The second-order valence-electron chi connectivity index (χ2n) is 8.51. The number of nitrogens with two attached hydrogens (primary N) is 1. The van der Waals surface area contributed by atoms with E-state index in [-0.39, 0.29) is 31.6 Å². The highest BCUT2D eigenvalue weighted by Gasteiger charge is 2.47. The summed E-state index contributed by atoms with van der Waals surface area (Å²) < 4.78 is 6.40. The third kappa shape index (κ3) is 7.26. The van der Waals surface area contributed by atoms with E-state index in [0.717, 1.165) is 5.56 Å². The highest BCUT2D eigenvalue weighted by molar-refractivity contribution is 5.78. The Morgan fingerprint density at radius 2 is 1.82 bits per heavy atom. The number of carbonyl (C=O) groups is 4. The van der Waals surface area contributed by atoms with E-state index >= 15 is 0 Å². The molecule has 33 heavy (non-hydrogen) atoms. The van der Waals surface area contributed by atoms with Crippen molar-refractivity contribution in [2.24, 2.45) is 23.6 Å². The molecule has 4 atom stereocenters. The standard InChI is InChI=1S/C23H32N2O8/c24-25-21(30)15-6-5-11-33-23(14-15,17-7-2-1-3-8-17)18(9-4-10-19(26)27)12-16(22(31)32)13-20(28)29/h1-3,7-8,15-16,18H,4-6,9-14,24H2,(H,25,30)(H,26,27)(H,28,29)(H,31,32). The van der Waals surface area contributed by atoms with Gasteiger partial charge in [-0.25, -0.2) is 5.84 Å². The second kappa shape index (κ2) is 12.3. The molecule has 0 saturated carbocycles. The predicted octanol–water partition coefficient (Wildman–Crippen LogP) is 2.13. The molecule has 1 aliphatic rings. The van der Waals surface area contributed by atoms with Crippen molar-refractivity contribution in [3.63, 3.8) is 0 Å². The fourth-order valence-electron chi connectivity index (χ4n) is 4.76. The van der Waals surface area contributed by atoms with Crippen LogP contribution in [0.1, 0.15) is 56.9 Å². The van der Waals surface area contributed by atoms with Gasteiger partial charge in [0.25, 0.3) is 0 Å². The van der Waals surface area contributed by atoms with Crippen LogP contribution in [-0.4, -0.2) is 45.7 Å². The van der Waals surface area contributed by atoms with E-state index < -0.39 is 47.7 Å². The minimum absolute atomic E-state index is 0.0346. The Morgan fingerprint density at radius 1 is 1.12 bits per heavy atom. The molecule has 0 spiro atoms. The lowest BCUT2D eigenvalue weighted by Gasteiger charge is -2.43. The van der Waals surface area contributed by atoms with Gasteiger partial charge in [0.15, 0.2) is 0 Å². The molecule has 1 aromatic rings. The monoisotopic (exact) mass is 464 g/mol. The average molecular weight is 465 g/mol. The zero-order valence-corrected chi connectivity index (χ0v) is 18.4. The van der Waals surface area contributed by atoms with E-state index in [1.807, 2.05) is 30.3 Å². The lowest BCUT2D eigenvalue weighted by molar-refractivity contribution is -0.152. The molecule has 10 nitrogen and oxygen atoms in total. The summed E-state index contributed by atoms with van der Waals surface area (Å²) in [4.78, 5) is 46.9. The van der Waals surface area contributed by atoms with E-state index in [1.54, 1.807) is 0 Å². The second-order valence-corrected chi connectivity index (χ2v) is 8.51. The average Bonchev–Trinajstić information content (AvgIpc) is 3.01. The highest BCUT2D eigenvalue weighted by atomic mass is 16.5. The maximum absolute atomic E-state index is 12.5. The SMILES string of the molecule is NNC(=O)C1CCCOC(c2ccccc2)(C(CCCC(=O)O)CC(CC(=O)O)C(=O)O)C1. The smallest absolute Gasteiger partial charge is 0.307 e. The molecule has 2 rings (SSSR count). The van der Waals surface area contributed by atoms with Crippen molar-refractivity contribution in [2.75, 3.05) is 6.61 Å². The van der Waals surface area contributed by atoms with Crippen molar-refractivity contribution in [3.05, 3.63) is 35.9 Å². The maximum atomic E-state index is 12.5. The first kappa shape index (κ1) is 26.3. The quantitative estimate of drug-likeness (QED) is 0.176. The topological polar surface area (TPSA) is 176 Å². The number of aliphatic carboxylic acids is 3. The summed E-state index contributed by atoms with van der Waals surface area (Å²) in [5.74, 6) is -0.638. The van der Waals surface area contributed by atoms with E-state index in [4.69, 9.17) is 15.7 Å². The Kier molecular flexibility index (Phi) is 9.80. The number of carboxylic acids is 3. The number of hydrogen-bond donors (Lipinski definition) is 5. The van der Waals surface area contributed by atoms with Crippen LogP contribution in [0, 0.1) is 17.8 Å². The lowest BCUT2D eigenvalue weighted by Crippen LogP contribution is -2.44. The summed E-state index contributed by atoms with van der Waals surface area (Å²) in [6.07, 6.45) is 1.16. The van der Waals surface area contributed by atoms with Gasteiger partial charge < -0.3 is 20.1 Å². The van der Waals surface area contributed by atoms with Gasteiger partial charge in [0.2, 0.25) is 5.91 Å². The first-order valence-corrected chi connectivity index (χ1v) is 11.1. The van der Waals surface area contributed by atoms with Crippen LogP contribution in [0.5, 0.6) is 0 Å². The first-order valence-electron chi connectivity index (χ1n) is 11.1. The van der Waals surface area contributed by atoms with Gasteiger partial charge in [-0.2, -0.15) is 0 Å². The molecule has 0 aromatic heterocycles. The number of carbonyl (C=O) groups excluding carboxylic acids is 1. The number of carboxylic acid groups (broad SMARTS) is 3. The van der Waals surface area contributed by atoms with Crippen LogP contribution in [0.15, 0.2) is 30.3 Å². The molecular weight excluding hydrogens is 432 g/mol. The highest BCUT2D eigenvalue weighted by Crippen LogP contribution is 2.47. The molecule has 10 heteroatoms. The summed E-state index contributed by atoms with van der Waals surface area (Å²) in [6, 6.07) is 9.11. The molecule has 182 valence electrons. The molecule has 1 aromatic carbocycles. The van der Waals surface area contributed by atoms with Crippen molar-refractivity contribution < 1.29 is 39.2 Å². The number of rotatable bonds is 12. The molecule has 0 aliphatic carbocycles. The van der Waals surface area contributed by atoms with Gasteiger partial charge in [0.05, 0.1) is 17.9 Å². The number of nitrogens with one attached hydrogen (secondary N) is 1. The number of hydrazine groups is 1. The van der Waals surface area contributed by atoms with Crippen LogP contribution in [0.2, 0.25) is 0 Å². The van der Waals surface area contributed by atoms with Gasteiger partial charge >= 0.3 is 17.9 Å². The van der Waals surface area contributed by atoms with Gasteiger partial charge in [-0.1, -0.05) is 30.3 Å². The van der Waals surface area contributed by atoms with Crippen LogP contribution < -0.4 is 11.3 Å². The Balaban J connectivity index is 2.55. The summed E-state index contributed by atoms with van der Waals surface area (Å²) in [5, 5.41) is 28.1. The van der Waals surface area contributed by atoms with Gasteiger partial charge in [-0.05, 0) is 50.0 Å². The van der Waals surface area contributed by atoms with Crippen LogP contribution >= 0.6 is 0 Å². The molecule has 1 amide bonds. The number of ether oxygens (including phenoxy) is 1. The van der Waals surface area contributed by atoms with E-state index in [9.17, 15) is 29.4 Å². The largest absolute Gasteiger partial charge is 0.481 e. The van der Waals surface area contributed by atoms with Crippen molar-refractivity contribution in [2.45, 2.75) is 57.0 Å². The van der Waals surface area contributed by atoms with Crippen molar-refractivity contribution in [3.8, 4) is 0 Å². The lowest BCUT2D eigenvalue weighted by atomic mass is 9.69. The van der Waals surface area contributed by atoms with Crippen molar-refractivity contribution in [1.29, 1.82) is 0 Å². The molecular formula is C23H32N2O8. The third-order valence-electron chi connectivity index (χ3n) is 6.32. The number of hydrogen-bond acceptors (Lipinski definition) is 6. The van der Waals surface area contributed by atoms with Crippen molar-refractivity contribution >= 4 is 23.8 Å². The molecule has 1 heterocycles. The Bertz CT molecular complexity index is 831. The first-order chi connectivity index (χ1) is 15.7. The Labute approximate surface area is 192 Å². The third-order valence-corrected chi connectivity index (χ3v) is 6.32. The molecule has 1 aliphatic heterocycles. The molecule has 0 bridgehead atoms. The number of amides is 1. The Hall–Kier alpha value is -2.98. The van der Waals surface area contributed by atoms with Gasteiger partial charge in [-0.3, -0.25) is 24.6 Å². The molecule has 1 fully saturated rings. The van der Waals surface area contributed by atoms with Gasteiger partial charge in [0.1, 0.15) is 0 Å². The summed E-state index contributed by atoms with van der Waals surface area (Å²) in [6.45, 7) is 0.315. The predicted molar refractivity (Wildman–Crippen MR) is 117 cm³/mol. The van der Waals surface area contributed by atoms with E-state index in [0.29, 0.717) is 25.9 Å².